The quantitative estimate of drug-likeness (QED) is 0.0877. The molecule has 16 nitrogen and oxygen atoms in total. The summed E-state index contributed by atoms with van der Waals surface area (Å²) in [6, 6.07) is 20.3. The molecule has 0 saturated heterocycles. The standard InChI is InChI=1S/C10H10O3.2C9H10O2.C6H7NO2.C4H4N2O2S.C3H6O2.2CH4/c1-7(11)5-8-3-2-4-9(6-8)10(12)13;1-2-7-3-5-8(6-4-7)9(10)11;1-2-7-4-3-5-8(6-7)9(10)11;1-4-5(6(8)9)2-3-7-4;1-2-3(4(7)8)5-6-9-2;1-2-3(4)5;;/h2-4,6H,5H2,1H3,(H,12,13);2*3-6H,2H2,1H3,(H,10,11);2H,3H2,1H3,(H,8,9);1H3,(H,7,8);2H2,1H3,(H,4,5);2*1H4. The number of ketones is 1. The van der Waals surface area contributed by atoms with Gasteiger partial charge in [0.05, 0.1) is 33.7 Å². The number of benzene rings is 3. The Morgan fingerprint density at radius 2 is 1.08 bits per heavy atom. The van der Waals surface area contributed by atoms with Crippen molar-refractivity contribution in [3.63, 3.8) is 0 Å². The van der Waals surface area contributed by atoms with E-state index in [1.807, 2.05) is 32.0 Å². The highest BCUT2D eigenvalue weighted by molar-refractivity contribution is 7.05. The summed E-state index contributed by atoms with van der Waals surface area (Å²) in [5, 5.41) is 53.7. The molecule has 1 aliphatic heterocycles. The monoisotopic (exact) mass is 853 g/mol. The van der Waals surface area contributed by atoms with Gasteiger partial charge in [0.15, 0.2) is 5.69 Å². The minimum absolute atomic E-state index is 0. The molecule has 5 rings (SSSR count). The number of aryl methyl sites for hydroxylation is 3. The molecule has 0 radical (unpaired) electrons. The number of hydrogen-bond acceptors (Lipinski definition) is 11. The molecule has 1 aliphatic rings. The van der Waals surface area contributed by atoms with E-state index in [-0.39, 0.29) is 38.3 Å². The number of nitrogens with zero attached hydrogens (tertiary/aromatic N) is 3. The fraction of sp³-hybridized carbons (Fsp3) is 0.302. The largest absolute Gasteiger partial charge is 0.481 e. The van der Waals surface area contributed by atoms with Crippen LogP contribution in [-0.4, -0.2) is 94.1 Å². The summed E-state index contributed by atoms with van der Waals surface area (Å²) in [4.78, 5) is 76.5. The number of aliphatic imine (C=N–C) groups is 1. The fourth-order valence-corrected chi connectivity index (χ4v) is 4.55. The van der Waals surface area contributed by atoms with E-state index in [0.29, 0.717) is 40.3 Å². The Labute approximate surface area is 353 Å². The van der Waals surface area contributed by atoms with Crippen LogP contribution in [0.4, 0.5) is 0 Å². The summed E-state index contributed by atoms with van der Waals surface area (Å²) in [7, 11) is 0. The smallest absolute Gasteiger partial charge is 0.357 e. The number of carbonyl (C=O) groups excluding carboxylic acids is 1. The summed E-state index contributed by atoms with van der Waals surface area (Å²) in [5.41, 5.74) is 4.93. The average Bonchev–Trinajstić information content (AvgIpc) is 3.83. The lowest BCUT2D eigenvalue weighted by molar-refractivity contribution is -0.136. The Morgan fingerprint density at radius 1 is 0.617 bits per heavy atom. The summed E-state index contributed by atoms with van der Waals surface area (Å²) in [5.74, 6) is -5.30. The predicted molar refractivity (Wildman–Crippen MR) is 230 cm³/mol. The number of carbonyl (C=O) groups is 7. The first-order chi connectivity index (χ1) is 27.3. The first-order valence-corrected chi connectivity index (χ1v) is 18.2. The van der Waals surface area contributed by atoms with E-state index >= 15 is 0 Å². The minimum atomic E-state index is -1.01. The van der Waals surface area contributed by atoms with Gasteiger partial charge in [-0.2, -0.15) is 0 Å². The second kappa shape index (κ2) is 31.2. The molecule has 0 amide bonds. The molecule has 0 spiro atoms. The van der Waals surface area contributed by atoms with Crippen LogP contribution in [0.5, 0.6) is 0 Å². The van der Waals surface area contributed by atoms with Crippen molar-refractivity contribution >= 4 is 58.8 Å². The molecule has 0 saturated carbocycles. The van der Waals surface area contributed by atoms with Crippen molar-refractivity contribution in [3.8, 4) is 0 Å². The summed E-state index contributed by atoms with van der Waals surface area (Å²) >= 11 is 1.09. The molecular weight excluding hydrogens is 799 g/mol. The molecule has 0 unspecified atom stereocenters. The van der Waals surface area contributed by atoms with Crippen molar-refractivity contribution in [1.29, 1.82) is 0 Å². The van der Waals surface area contributed by atoms with Crippen LogP contribution < -0.4 is 0 Å². The lowest BCUT2D eigenvalue weighted by atomic mass is 10.1. The van der Waals surface area contributed by atoms with Crippen LogP contribution in [0.1, 0.15) is 119 Å². The van der Waals surface area contributed by atoms with Gasteiger partial charge in [-0.25, -0.2) is 24.0 Å². The maximum absolute atomic E-state index is 10.7. The van der Waals surface area contributed by atoms with Crippen molar-refractivity contribution < 1.29 is 64.2 Å². The van der Waals surface area contributed by atoms with Gasteiger partial charge in [-0.3, -0.25) is 14.6 Å². The van der Waals surface area contributed by atoms with Crippen LogP contribution >= 0.6 is 11.5 Å². The van der Waals surface area contributed by atoms with Gasteiger partial charge in [0.2, 0.25) is 0 Å². The van der Waals surface area contributed by atoms with Crippen LogP contribution in [0.15, 0.2) is 89.4 Å². The van der Waals surface area contributed by atoms with Crippen molar-refractivity contribution in [2.24, 2.45) is 4.99 Å². The zero-order valence-corrected chi connectivity index (χ0v) is 33.6. The zero-order chi connectivity index (χ0) is 44.4. The molecule has 6 N–H and O–H groups in total. The molecular formula is C43H55N3O13S. The van der Waals surface area contributed by atoms with Gasteiger partial charge >= 0.3 is 35.8 Å². The van der Waals surface area contributed by atoms with Crippen LogP contribution in [0, 0.1) is 6.92 Å². The summed E-state index contributed by atoms with van der Waals surface area (Å²) < 4.78 is 3.45. The first kappa shape index (κ1) is 57.4. The second-order valence-electron chi connectivity index (χ2n) is 11.7. The third kappa shape index (κ3) is 24.0. The highest BCUT2D eigenvalue weighted by Gasteiger charge is 2.13. The Bertz CT molecular complexity index is 2070. The third-order valence-electron chi connectivity index (χ3n) is 7.22. The average molecular weight is 854 g/mol. The maximum atomic E-state index is 10.7. The van der Waals surface area contributed by atoms with Gasteiger partial charge in [-0.15, -0.1) is 5.10 Å². The molecule has 0 atom stereocenters. The number of carboxylic acids is 6. The van der Waals surface area contributed by atoms with E-state index in [2.05, 4.69) is 14.6 Å². The lowest BCUT2D eigenvalue weighted by Crippen LogP contribution is -2.05. The van der Waals surface area contributed by atoms with E-state index in [9.17, 15) is 33.6 Å². The highest BCUT2D eigenvalue weighted by Crippen LogP contribution is 2.09. The summed E-state index contributed by atoms with van der Waals surface area (Å²) in [6.07, 6.45) is 3.94. The molecule has 4 aromatic rings. The van der Waals surface area contributed by atoms with Gasteiger partial charge in [0.1, 0.15) is 5.78 Å². The number of hydrogen-bond donors (Lipinski definition) is 6. The van der Waals surface area contributed by atoms with Gasteiger partial charge in [0.25, 0.3) is 0 Å². The predicted octanol–water partition coefficient (Wildman–Crippen LogP) is 8.18. The highest BCUT2D eigenvalue weighted by atomic mass is 32.1. The molecule has 0 aliphatic carbocycles. The second-order valence-corrected chi connectivity index (χ2v) is 12.6. The third-order valence-corrected chi connectivity index (χ3v) is 7.85. The topological polar surface area (TPSA) is 279 Å². The number of aromatic carboxylic acids is 4. The van der Waals surface area contributed by atoms with Crippen molar-refractivity contribution in [1.82, 2.24) is 9.59 Å². The number of aliphatic carboxylic acids is 2. The SMILES string of the molecule is C.C.CC(=O)Cc1cccc(C(=O)O)c1.CC1=NCC=C1C(=O)O.CCC(=O)O.CCc1ccc(C(=O)O)cc1.CCc1cccc(C(=O)O)c1.Cc1snnc1C(=O)O. The number of aromatic nitrogens is 2. The Hall–Kier alpha value is -6.88. The number of Topliss-reactive ketones (excluding diaryl/α,β-unsaturated/α-hetero) is 1. The van der Waals surface area contributed by atoms with Crippen LogP contribution in [0.2, 0.25) is 0 Å². The fourth-order valence-electron chi connectivity index (χ4n) is 4.09. The molecule has 17 heteroatoms. The van der Waals surface area contributed by atoms with E-state index in [1.165, 1.54) is 19.1 Å². The molecule has 1 aromatic heterocycles. The van der Waals surface area contributed by atoms with Crippen LogP contribution in [0.25, 0.3) is 0 Å². The van der Waals surface area contributed by atoms with E-state index in [4.69, 9.17) is 30.6 Å². The Kier molecular flexibility index (Phi) is 29.8. The van der Waals surface area contributed by atoms with Crippen molar-refractivity contribution in [3.05, 3.63) is 128 Å². The number of carboxylic acid groups (broad SMARTS) is 6. The van der Waals surface area contributed by atoms with E-state index in [1.54, 1.807) is 69.3 Å². The van der Waals surface area contributed by atoms with Crippen molar-refractivity contribution in [2.45, 2.75) is 82.1 Å². The molecule has 2 heterocycles. The zero-order valence-electron chi connectivity index (χ0n) is 32.8. The molecule has 0 fully saturated rings. The molecule has 0 bridgehead atoms. The van der Waals surface area contributed by atoms with Crippen LogP contribution in [-0.2, 0) is 33.6 Å². The molecule has 60 heavy (non-hydrogen) atoms. The van der Waals surface area contributed by atoms with Crippen molar-refractivity contribution in [2.75, 3.05) is 6.54 Å². The Balaban J connectivity index is -0.000000656. The maximum Gasteiger partial charge on any atom is 0.357 e. The minimum Gasteiger partial charge on any atom is -0.481 e. The van der Waals surface area contributed by atoms with Gasteiger partial charge < -0.3 is 30.6 Å². The van der Waals surface area contributed by atoms with E-state index in [0.717, 1.165) is 41.1 Å². The first-order valence-electron chi connectivity index (χ1n) is 17.4. The Morgan fingerprint density at radius 3 is 1.38 bits per heavy atom. The van der Waals surface area contributed by atoms with Crippen LogP contribution in [0.3, 0.4) is 0 Å². The van der Waals surface area contributed by atoms with Gasteiger partial charge in [-0.05, 0) is 104 Å². The van der Waals surface area contributed by atoms with Gasteiger partial charge in [-0.1, -0.05) is 76.5 Å². The molecule has 326 valence electrons. The number of rotatable bonds is 10. The molecule has 3 aromatic carbocycles. The lowest BCUT2D eigenvalue weighted by Gasteiger charge is -1.98. The van der Waals surface area contributed by atoms with E-state index < -0.39 is 35.8 Å². The normalized spacial score (nSPS) is 10.2. The summed E-state index contributed by atoms with van der Waals surface area (Å²) in [6.45, 7) is 11.0. The van der Waals surface area contributed by atoms with Gasteiger partial charge in [0, 0.05) is 18.6 Å².